The number of alkyl halides is 5. The normalized spacial score (nSPS) is 12.4. The van der Waals surface area contributed by atoms with Gasteiger partial charge in [0.15, 0.2) is 0 Å². The van der Waals surface area contributed by atoms with Crippen LogP contribution in [0.5, 0.6) is 0 Å². The molecule has 100 valence electrons. The first kappa shape index (κ1) is 14.3. The number of anilines is 1. The van der Waals surface area contributed by atoms with E-state index in [4.69, 9.17) is 0 Å². The summed E-state index contributed by atoms with van der Waals surface area (Å²) in [4.78, 5) is 10.8. The van der Waals surface area contributed by atoms with Crippen LogP contribution in [0.25, 0.3) is 0 Å². The lowest BCUT2D eigenvalue weighted by Crippen LogP contribution is -2.47. The highest BCUT2D eigenvalue weighted by Crippen LogP contribution is 2.36. The van der Waals surface area contributed by atoms with Gasteiger partial charge in [0.05, 0.1) is 5.69 Å². The van der Waals surface area contributed by atoms with Crippen LogP contribution in [0.15, 0.2) is 18.2 Å². The summed E-state index contributed by atoms with van der Waals surface area (Å²) in [5.74, 6) is -9.30. The molecule has 0 aliphatic heterocycles. The van der Waals surface area contributed by atoms with Gasteiger partial charge in [-0.05, 0) is 24.6 Å². The summed E-state index contributed by atoms with van der Waals surface area (Å²) in [5.41, 5.74) is -0.317. The maximum absolute atomic E-state index is 13.2. The molecule has 2 nitrogen and oxygen atoms in total. The molecule has 1 rings (SSSR count). The zero-order valence-corrected chi connectivity index (χ0v) is 8.91. The lowest BCUT2D eigenvalue weighted by atomic mass is 10.2. The predicted octanol–water partition coefficient (Wildman–Crippen LogP) is 3.27. The van der Waals surface area contributed by atoms with Gasteiger partial charge in [0.25, 0.3) is 0 Å². The molecule has 0 saturated heterocycles. The van der Waals surface area contributed by atoms with Crippen molar-refractivity contribution in [1.82, 2.24) is 0 Å². The van der Waals surface area contributed by atoms with Crippen LogP contribution in [0.2, 0.25) is 0 Å². The molecule has 0 aromatic heterocycles. The number of hydrogen-bond donors (Lipinski definition) is 1. The third kappa shape index (κ3) is 2.74. The molecule has 8 heteroatoms. The monoisotopic (exact) mass is 271 g/mol. The molecular formula is C10H7F6NO. The van der Waals surface area contributed by atoms with E-state index < -0.39 is 29.5 Å². The fourth-order valence-corrected chi connectivity index (χ4v) is 1.05. The quantitative estimate of drug-likeness (QED) is 0.822. The average molecular weight is 271 g/mol. The summed E-state index contributed by atoms with van der Waals surface area (Å²) >= 11 is 0. The topological polar surface area (TPSA) is 29.1 Å². The fraction of sp³-hybridized carbons (Fsp3) is 0.300. The molecule has 1 N–H and O–H groups in total. The molecule has 0 aliphatic carbocycles. The van der Waals surface area contributed by atoms with Gasteiger partial charge < -0.3 is 5.32 Å². The maximum Gasteiger partial charge on any atom is 0.463 e. The Hall–Kier alpha value is -1.73. The number of benzene rings is 1. The lowest BCUT2D eigenvalue weighted by molar-refractivity contribution is -0.267. The number of hydrogen-bond acceptors (Lipinski definition) is 1. The Bertz CT molecular complexity index is 468. The van der Waals surface area contributed by atoms with E-state index >= 15 is 0 Å². The van der Waals surface area contributed by atoms with E-state index in [1.165, 1.54) is 18.3 Å². The Morgan fingerprint density at radius 1 is 1.17 bits per heavy atom. The minimum atomic E-state index is -6.03. The number of rotatable bonds is 2. The number of aryl methyl sites for hydroxylation is 1. The minimum absolute atomic E-state index is 0.424. The van der Waals surface area contributed by atoms with E-state index in [2.05, 4.69) is 0 Å². The van der Waals surface area contributed by atoms with Crippen LogP contribution >= 0.6 is 0 Å². The van der Waals surface area contributed by atoms with Gasteiger partial charge in [-0.2, -0.15) is 22.0 Å². The highest BCUT2D eigenvalue weighted by Gasteiger charge is 2.63. The molecule has 0 bridgehead atoms. The second-order valence-electron chi connectivity index (χ2n) is 3.51. The van der Waals surface area contributed by atoms with Crippen LogP contribution in [0, 0.1) is 12.7 Å². The predicted molar refractivity (Wildman–Crippen MR) is 50.8 cm³/mol. The summed E-state index contributed by atoms with van der Waals surface area (Å²) in [5, 5.41) is 1.20. The van der Waals surface area contributed by atoms with Gasteiger partial charge in [-0.3, -0.25) is 4.79 Å². The van der Waals surface area contributed by atoms with Crippen LogP contribution < -0.4 is 5.32 Å². The van der Waals surface area contributed by atoms with Crippen LogP contribution in [0.3, 0.4) is 0 Å². The molecule has 0 aliphatic rings. The average Bonchev–Trinajstić information content (AvgIpc) is 2.20. The second-order valence-corrected chi connectivity index (χ2v) is 3.51. The van der Waals surface area contributed by atoms with Crippen molar-refractivity contribution >= 4 is 11.6 Å². The summed E-state index contributed by atoms with van der Waals surface area (Å²) in [6.45, 7) is 1.49. The summed E-state index contributed by atoms with van der Waals surface area (Å²) < 4.78 is 73.8. The van der Waals surface area contributed by atoms with Crippen LogP contribution in [-0.4, -0.2) is 18.0 Å². The SMILES string of the molecule is Cc1ccc(NC(=O)C(F)(F)C(F)(F)F)c(F)c1. The Morgan fingerprint density at radius 2 is 1.72 bits per heavy atom. The molecule has 0 fully saturated rings. The van der Waals surface area contributed by atoms with Crippen LogP contribution in [-0.2, 0) is 4.79 Å². The van der Waals surface area contributed by atoms with E-state index in [0.717, 1.165) is 12.1 Å². The van der Waals surface area contributed by atoms with Crippen molar-refractivity contribution < 1.29 is 31.1 Å². The first-order chi connectivity index (χ1) is 8.05. The summed E-state index contributed by atoms with van der Waals surface area (Å²) in [7, 11) is 0. The van der Waals surface area contributed by atoms with Gasteiger partial charge >= 0.3 is 18.0 Å². The molecule has 0 heterocycles. The molecule has 0 saturated carbocycles. The van der Waals surface area contributed by atoms with Crippen molar-refractivity contribution in [1.29, 1.82) is 0 Å². The Labute approximate surface area is 97.6 Å². The molecule has 0 radical (unpaired) electrons. The van der Waals surface area contributed by atoms with Gasteiger partial charge in [-0.25, -0.2) is 4.39 Å². The minimum Gasteiger partial charge on any atom is -0.318 e. The molecule has 1 aromatic rings. The third-order valence-corrected chi connectivity index (χ3v) is 2.01. The number of amides is 1. The van der Waals surface area contributed by atoms with E-state index in [1.54, 1.807) is 0 Å². The van der Waals surface area contributed by atoms with Gasteiger partial charge in [-0.1, -0.05) is 6.07 Å². The Morgan fingerprint density at radius 3 is 2.17 bits per heavy atom. The third-order valence-electron chi connectivity index (χ3n) is 2.01. The van der Waals surface area contributed by atoms with Gasteiger partial charge in [0.2, 0.25) is 0 Å². The highest BCUT2D eigenvalue weighted by molar-refractivity contribution is 5.96. The molecule has 0 spiro atoms. The molecule has 1 aromatic carbocycles. The van der Waals surface area contributed by atoms with Crippen LogP contribution in [0.4, 0.5) is 32.0 Å². The zero-order chi connectivity index (χ0) is 14.1. The molecular weight excluding hydrogens is 264 g/mol. The van der Waals surface area contributed by atoms with E-state index in [9.17, 15) is 31.1 Å². The van der Waals surface area contributed by atoms with Crippen molar-refractivity contribution in [3.63, 3.8) is 0 Å². The maximum atomic E-state index is 13.2. The molecule has 18 heavy (non-hydrogen) atoms. The number of nitrogens with one attached hydrogen (secondary N) is 1. The lowest BCUT2D eigenvalue weighted by Gasteiger charge is -2.18. The Balaban J connectivity index is 2.95. The van der Waals surface area contributed by atoms with E-state index in [-0.39, 0.29) is 0 Å². The van der Waals surface area contributed by atoms with Crippen molar-refractivity contribution in [3.8, 4) is 0 Å². The number of carbonyl (C=O) groups is 1. The second kappa shape index (κ2) is 4.51. The largest absolute Gasteiger partial charge is 0.463 e. The van der Waals surface area contributed by atoms with Crippen molar-refractivity contribution in [2.45, 2.75) is 19.0 Å². The number of carbonyl (C=O) groups excluding carboxylic acids is 1. The Kier molecular flexibility index (Phi) is 3.59. The van der Waals surface area contributed by atoms with Gasteiger partial charge in [-0.15, -0.1) is 0 Å². The summed E-state index contributed by atoms with van der Waals surface area (Å²) in [6, 6.07) is 3.04. The smallest absolute Gasteiger partial charge is 0.318 e. The first-order valence-electron chi connectivity index (χ1n) is 4.58. The van der Waals surface area contributed by atoms with Gasteiger partial charge in [0, 0.05) is 0 Å². The standard InChI is InChI=1S/C10H7F6NO/c1-5-2-3-7(6(11)4-5)17-8(18)9(12,13)10(14,15)16/h2-4H,1H3,(H,17,18). The zero-order valence-electron chi connectivity index (χ0n) is 8.91. The van der Waals surface area contributed by atoms with Crippen molar-refractivity contribution in [2.75, 3.05) is 5.32 Å². The first-order valence-corrected chi connectivity index (χ1v) is 4.58. The fourth-order valence-electron chi connectivity index (χ4n) is 1.05. The number of halogens is 6. The molecule has 0 unspecified atom stereocenters. The van der Waals surface area contributed by atoms with Gasteiger partial charge in [0.1, 0.15) is 5.82 Å². The van der Waals surface area contributed by atoms with E-state index in [1.807, 2.05) is 0 Å². The van der Waals surface area contributed by atoms with Crippen molar-refractivity contribution in [3.05, 3.63) is 29.6 Å². The molecule has 0 atom stereocenters. The highest BCUT2D eigenvalue weighted by atomic mass is 19.4. The van der Waals surface area contributed by atoms with Crippen LogP contribution in [0.1, 0.15) is 5.56 Å². The summed E-state index contributed by atoms with van der Waals surface area (Å²) in [6.07, 6.45) is -6.03. The van der Waals surface area contributed by atoms with E-state index in [0.29, 0.717) is 5.56 Å². The van der Waals surface area contributed by atoms with Crippen molar-refractivity contribution in [2.24, 2.45) is 0 Å². The molecule has 1 amide bonds.